The topological polar surface area (TPSA) is 63.2 Å². The normalized spacial score (nSPS) is 16.8. The van der Waals surface area contributed by atoms with Gasteiger partial charge >= 0.3 is 0 Å². The number of carbonyl (C=O) groups is 1. The summed E-state index contributed by atoms with van der Waals surface area (Å²) >= 11 is 6.05. The van der Waals surface area contributed by atoms with E-state index in [4.69, 9.17) is 16.6 Å². The van der Waals surface area contributed by atoms with Gasteiger partial charge in [0.15, 0.2) is 5.96 Å². The summed E-state index contributed by atoms with van der Waals surface area (Å²) in [5, 5.41) is 7.13. The molecule has 0 saturated carbocycles. The molecule has 1 heterocycles. The molecule has 1 aromatic carbocycles. The van der Waals surface area contributed by atoms with E-state index in [1.54, 1.807) is 0 Å². The smallest absolute Gasteiger partial charge is 0.234 e. The van der Waals surface area contributed by atoms with Crippen molar-refractivity contribution in [2.45, 2.75) is 32.9 Å². The zero-order chi connectivity index (χ0) is 22.1. The SMILES string of the molecule is CCNC(=NCC(c1ccc(Cl)cc1)N(C)C)N1CCN(CC(=O)NC(C)C)CC1. The number of amides is 1. The Morgan fingerprint density at radius 3 is 2.33 bits per heavy atom. The van der Waals surface area contributed by atoms with E-state index in [9.17, 15) is 4.79 Å². The fourth-order valence-corrected chi connectivity index (χ4v) is 3.67. The van der Waals surface area contributed by atoms with Crippen LogP contribution in [0.25, 0.3) is 0 Å². The summed E-state index contributed by atoms with van der Waals surface area (Å²) in [5.41, 5.74) is 1.20. The van der Waals surface area contributed by atoms with Gasteiger partial charge in [-0.25, -0.2) is 0 Å². The Morgan fingerprint density at radius 2 is 1.80 bits per heavy atom. The number of carbonyl (C=O) groups excluding carboxylic acids is 1. The van der Waals surface area contributed by atoms with Crippen molar-refractivity contribution in [3.63, 3.8) is 0 Å². The Balaban J connectivity index is 1.98. The van der Waals surface area contributed by atoms with E-state index in [2.05, 4.69) is 58.5 Å². The maximum Gasteiger partial charge on any atom is 0.234 e. The monoisotopic (exact) mass is 436 g/mol. The summed E-state index contributed by atoms with van der Waals surface area (Å²) in [6.07, 6.45) is 0. The van der Waals surface area contributed by atoms with Gasteiger partial charge in [-0.15, -0.1) is 0 Å². The average molecular weight is 437 g/mol. The number of likely N-dealkylation sites (N-methyl/N-ethyl adjacent to an activating group) is 1. The van der Waals surface area contributed by atoms with Gasteiger partial charge in [-0.2, -0.15) is 0 Å². The first-order chi connectivity index (χ1) is 14.3. The van der Waals surface area contributed by atoms with E-state index in [1.165, 1.54) is 5.56 Å². The third kappa shape index (κ3) is 7.78. The molecule has 0 bridgehead atoms. The Labute approximate surface area is 186 Å². The number of piperazine rings is 1. The number of halogens is 1. The minimum absolute atomic E-state index is 0.0933. The number of benzene rings is 1. The Morgan fingerprint density at radius 1 is 1.17 bits per heavy atom. The maximum absolute atomic E-state index is 12.0. The predicted molar refractivity (Wildman–Crippen MR) is 125 cm³/mol. The molecule has 1 aliphatic rings. The van der Waals surface area contributed by atoms with E-state index in [-0.39, 0.29) is 18.0 Å². The molecule has 0 radical (unpaired) electrons. The molecule has 1 unspecified atom stereocenters. The van der Waals surface area contributed by atoms with E-state index >= 15 is 0 Å². The zero-order valence-corrected chi connectivity index (χ0v) is 19.7. The number of guanidine groups is 1. The average Bonchev–Trinajstić information content (AvgIpc) is 2.68. The molecule has 1 saturated heterocycles. The fraction of sp³-hybridized carbons (Fsp3) is 0.636. The first-order valence-corrected chi connectivity index (χ1v) is 11.1. The van der Waals surface area contributed by atoms with Crippen LogP contribution in [0.5, 0.6) is 0 Å². The molecular formula is C22H37ClN6O. The van der Waals surface area contributed by atoms with Crippen LogP contribution in [-0.2, 0) is 4.79 Å². The van der Waals surface area contributed by atoms with Gasteiger partial charge in [-0.3, -0.25) is 14.7 Å². The van der Waals surface area contributed by atoms with Crippen LogP contribution in [0.1, 0.15) is 32.4 Å². The molecular weight excluding hydrogens is 400 g/mol. The van der Waals surface area contributed by atoms with Gasteiger partial charge < -0.3 is 20.4 Å². The lowest BCUT2D eigenvalue weighted by molar-refractivity contribution is -0.123. The van der Waals surface area contributed by atoms with Gasteiger partial charge in [-0.05, 0) is 52.6 Å². The second kappa shape index (κ2) is 12.1. The third-order valence-electron chi connectivity index (χ3n) is 5.12. The predicted octanol–water partition coefficient (Wildman–Crippen LogP) is 2.05. The van der Waals surface area contributed by atoms with Crippen molar-refractivity contribution < 1.29 is 4.79 Å². The number of aliphatic imine (C=N–C) groups is 1. The fourth-order valence-electron chi connectivity index (χ4n) is 3.54. The number of hydrogen-bond donors (Lipinski definition) is 2. The largest absolute Gasteiger partial charge is 0.357 e. The minimum atomic E-state index is 0.0933. The summed E-state index contributed by atoms with van der Waals surface area (Å²) in [7, 11) is 4.14. The van der Waals surface area contributed by atoms with Gasteiger partial charge in [0.05, 0.1) is 19.1 Å². The van der Waals surface area contributed by atoms with E-state index in [1.807, 2.05) is 26.0 Å². The van der Waals surface area contributed by atoms with Crippen molar-refractivity contribution >= 4 is 23.5 Å². The van der Waals surface area contributed by atoms with Crippen molar-refractivity contribution in [3.05, 3.63) is 34.9 Å². The lowest BCUT2D eigenvalue weighted by atomic mass is 10.1. The Hall–Kier alpha value is -1.83. The molecule has 1 fully saturated rings. The molecule has 8 heteroatoms. The molecule has 1 aromatic rings. The summed E-state index contributed by atoms with van der Waals surface area (Å²) < 4.78 is 0. The van der Waals surface area contributed by atoms with Crippen LogP contribution in [0.4, 0.5) is 0 Å². The molecule has 2 N–H and O–H groups in total. The van der Waals surface area contributed by atoms with Crippen molar-refractivity contribution in [2.75, 3.05) is 59.9 Å². The zero-order valence-electron chi connectivity index (χ0n) is 19.0. The molecule has 1 amide bonds. The molecule has 1 aliphatic heterocycles. The van der Waals surface area contributed by atoms with Crippen LogP contribution < -0.4 is 10.6 Å². The lowest BCUT2D eigenvalue weighted by Gasteiger charge is -2.36. The molecule has 1 atom stereocenters. The highest BCUT2D eigenvalue weighted by Crippen LogP contribution is 2.21. The molecule has 0 aliphatic carbocycles. The van der Waals surface area contributed by atoms with Crippen molar-refractivity contribution in [2.24, 2.45) is 4.99 Å². The molecule has 30 heavy (non-hydrogen) atoms. The summed E-state index contributed by atoms with van der Waals surface area (Å²) in [4.78, 5) is 23.6. The number of nitrogens with one attached hydrogen (secondary N) is 2. The van der Waals surface area contributed by atoms with Gasteiger partial charge in [-0.1, -0.05) is 23.7 Å². The van der Waals surface area contributed by atoms with E-state index in [0.29, 0.717) is 13.1 Å². The number of hydrogen-bond acceptors (Lipinski definition) is 4. The van der Waals surface area contributed by atoms with Gasteiger partial charge in [0.1, 0.15) is 0 Å². The first kappa shape index (κ1) is 24.4. The number of nitrogens with zero attached hydrogens (tertiary/aromatic N) is 4. The lowest BCUT2D eigenvalue weighted by Crippen LogP contribution is -2.54. The molecule has 0 aromatic heterocycles. The van der Waals surface area contributed by atoms with Crippen LogP contribution >= 0.6 is 11.6 Å². The molecule has 168 valence electrons. The van der Waals surface area contributed by atoms with Crippen molar-refractivity contribution in [3.8, 4) is 0 Å². The second-order valence-electron chi connectivity index (χ2n) is 8.21. The van der Waals surface area contributed by atoms with Crippen LogP contribution in [0.15, 0.2) is 29.3 Å². The third-order valence-corrected chi connectivity index (χ3v) is 5.37. The summed E-state index contributed by atoms with van der Waals surface area (Å²) in [6.45, 7) is 11.4. The van der Waals surface area contributed by atoms with Crippen LogP contribution in [0.2, 0.25) is 5.02 Å². The van der Waals surface area contributed by atoms with Gasteiger partial charge in [0.2, 0.25) is 5.91 Å². The standard InChI is InChI=1S/C22H37ClN6O/c1-6-24-22(25-15-20(27(4)5)18-7-9-19(23)10-8-18)29-13-11-28(12-14-29)16-21(30)26-17(2)3/h7-10,17,20H,6,11-16H2,1-5H3,(H,24,25)(H,26,30). The molecule has 7 nitrogen and oxygen atoms in total. The maximum atomic E-state index is 12.0. The van der Waals surface area contributed by atoms with Crippen LogP contribution in [-0.4, -0.2) is 92.5 Å². The Kier molecular flexibility index (Phi) is 9.88. The highest BCUT2D eigenvalue weighted by molar-refractivity contribution is 6.30. The highest BCUT2D eigenvalue weighted by Gasteiger charge is 2.22. The van der Waals surface area contributed by atoms with Crippen molar-refractivity contribution in [1.29, 1.82) is 0 Å². The van der Waals surface area contributed by atoms with Crippen molar-refractivity contribution in [1.82, 2.24) is 25.3 Å². The van der Waals surface area contributed by atoms with Crippen LogP contribution in [0.3, 0.4) is 0 Å². The number of rotatable bonds is 8. The highest BCUT2D eigenvalue weighted by atomic mass is 35.5. The van der Waals surface area contributed by atoms with Gasteiger partial charge in [0.25, 0.3) is 0 Å². The molecule has 2 rings (SSSR count). The quantitative estimate of drug-likeness (QED) is 0.482. The second-order valence-corrected chi connectivity index (χ2v) is 8.65. The minimum Gasteiger partial charge on any atom is -0.357 e. The van der Waals surface area contributed by atoms with Gasteiger partial charge in [0, 0.05) is 43.8 Å². The molecule has 0 spiro atoms. The van der Waals surface area contributed by atoms with E-state index in [0.717, 1.165) is 43.7 Å². The van der Waals surface area contributed by atoms with E-state index < -0.39 is 0 Å². The summed E-state index contributed by atoms with van der Waals surface area (Å²) in [6, 6.07) is 8.34. The summed E-state index contributed by atoms with van der Waals surface area (Å²) in [5.74, 6) is 1.03. The first-order valence-electron chi connectivity index (χ1n) is 10.8. The van der Waals surface area contributed by atoms with Crippen LogP contribution in [0, 0.1) is 0 Å². The Bertz CT molecular complexity index is 683.